The molecule has 1 atom stereocenters. The van der Waals surface area contributed by atoms with Gasteiger partial charge >= 0.3 is 6.09 Å². The highest BCUT2D eigenvalue weighted by Gasteiger charge is 2.33. The summed E-state index contributed by atoms with van der Waals surface area (Å²) in [4.78, 5) is 29.1. The van der Waals surface area contributed by atoms with Crippen LogP contribution in [-0.4, -0.2) is 60.2 Å². The third-order valence-corrected chi connectivity index (χ3v) is 5.10. The first-order valence-electron chi connectivity index (χ1n) is 10.4. The summed E-state index contributed by atoms with van der Waals surface area (Å²) in [5.41, 5.74) is 0.464. The van der Waals surface area contributed by atoms with Crippen LogP contribution in [0, 0.1) is 5.92 Å². The highest BCUT2D eigenvalue weighted by molar-refractivity contribution is 5.80. The number of fused-ring (bicyclic) bond motifs is 1. The Morgan fingerprint density at radius 1 is 1.21 bits per heavy atom. The molecule has 0 aromatic heterocycles. The van der Waals surface area contributed by atoms with E-state index in [-0.39, 0.29) is 17.9 Å². The summed E-state index contributed by atoms with van der Waals surface area (Å²) in [5.74, 6) is 1.35. The molecule has 1 aromatic carbocycles. The number of piperidine rings is 1. The van der Waals surface area contributed by atoms with E-state index >= 15 is 0 Å². The molecule has 1 saturated heterocycles. The van der Waals surface area contributed by atoms with Gasteiger partial charge in [0.25, 0.3) is 0 Å². The van der Waals surface area contributed by atoms with Gasteiger partial charge < -0.3 is 24.0 Å². The van der Waals surface area contributed by atoms with E-state index in [1.807, 2.05) is 50.8 Å². The molecule has 0 N–H and O–H groups in total. The SMILES string of the molecule is CCN(Cc1ccc2c(c1)OCCO2)C(=O)C1CCCN(C(=O)OC(C)(C)C)C1. The first-order chi connectivity index (χ1) is 13.8. The maximum atomic E-state index is 13.2. The van der Waals surface area contributed by atoms with Gasteiger partial charge in [0.15, 0.2) is 11.5 Å². The van der Waals surface area contributed by atoms with Crippen LogP contribution in [0.2, 0.25) is 0 Å². The summed E-state index contributed by atoms with van der Waals surface area (Å²) < 4.78 is 16.7. The molecule has 2 amide bonds. The maximum absolute atomic E-state index is 13.2. The predicted molar refractivity (Wildman–Crippen MR) is 109 cm³/mol. The number of rotatable bonds is 4. The monoisotopic (exact) mass is 404 g/mol. The number of amides is 2. The first-order valence-corrected chi connectivity index (χ1v) is 10.4. The molecule has 2 heterocycles. The van der Waals surface area contributed by atoms with E-state index in [9.17, 15) is 9.59 Å². The molecule has 7 heteroatoms. The van der Waals surface area contributed by atoms with Crippen LogP contribution in [0.15, 0.2) is 18.2 Å². The molecule has 1 fully saturated rings. The molecule has 0 radical (unpaired) electrons. The van der Waals surface area contributed by atoms with E-state index in [4.69, 9.17) is 14.2 Å². The lowest BCUT2D eigenvalue weighted by Crippen LogP contribution is -2.47. The van der Waals surface area contributed by atoms with Crippen molar-refractivity contribution in [3.05, 3.63) is 23.8 Å². The van der Waals surface area contributed by atoms with Gasteiger partial charge in [0.2, 0.25) is 5.91 Å². The molecule has 7 nitrogen and oxygen atoms in total. The maximum Gasteiger partial charge on any atom is 0.410 e. The van der Waals surface area contributed by atoms with Crippen LogP contribution in [0.5, 0.6) is 11.5 Å². The Morgan fingerprint density at radius 3 is 2.62 bits per heavy atom. The van der Waals surface area contributed by atoms with Gasteiger partial charge in [-0.2, -0.15) is 0 Å². The molecule has 1 aromatic rings. The van der Waals surface area contributed by atoms with Gasteiger partial charge in [-0.3, -0.25) is 4.79 Å². The van der Waals surface area contributed by atoms with Gasteiger partial charge in [-0.15, -0.1) is 0 Å². The van der Waals surface area contributed by atoms with Crippen molar-refractivity contribution in [3.63, 3.8) is 0 Å². The van der Waals surface area contributed by atoms with Crippen molar-refractivity contribution in [1.82, 2.24) is 9.80 Å². The second-order valence-corrected chi connectivity index (χ2v) is 8.60. The molecule has 2 aliphatic rings. The van der Waals surface area contributed by atoms with Gasteiger partial charge in [0.1, 0.15) is 18.8 Å². The minimum Gasteiger partial charge on any atom is -0.486 e. The van der Waals surface area contributed by atoms with E-state index in [1.165, 1.54) is 0 Å². The van der Waals surface area contributed by atoms with Crippen molar-refractivity contribution >= 4 is 12.0 Å². The normalized spacial score (nSPS) is 18.9. The zero-order valence-corrected chi connectivity index (χ0v) is 17.9. The van der Waals surface area contributed by atoms with E-state index in [2.05, 4.69) is 0 Å². The minimum absolute atomic E-state index is 0.0793. The molecule has 0 aliphatic carbocycles. The van der Waals surface area contributed by atoms with Crippen molar-refractivity contribution in [2.75, 3.05) is 32.8 Å². The summed E-state index contributed by atoms with van der Waals surface area (Å²) >= 11 is 0. The van der Waals surface area contributed by atoms with Gasteiger partial charge in [0.05, 0.1) is 5.92 Å². The van der Waals surface area contributed by atoms with E-state index in [1.54, 1.807) is 4.90 Å². The lowest BCUT2D eigenvalue weighted by atomic mass is 9.96. The van der Waals surface area contributed by atoms with Crippen molar-refractivity contribution < 1.29 is 23.8 Å². The average Bonchev–Trinajstić information content (AvgIpc) is 2.70. The smallest absolute Gasteiger partial charge is 0.410 e. The van der Waals surface area contributed by atoms with E-state index in [0.29, 0.717) is 39.4 Å². The van der Waals surface area contributed by atoms with Gasteiger partial charge in [0, 0.05) is 26.2 Å². The van der Waals surface area contributed by atoms with Crippen LogP contribution in [0.4, 0.5) is 4.79 Å². The molecular weight excluding hydrogens is 372 g/mol. The highest BCUT2D eigenvalue weighted by Crippen LogP contribution is 2.31. The molecule has 0 bridgehead atoms. The molecule has 160 valence electrons. The Hall–Kier alpha value is -2.44. The van der Waals surface area contributed by atoms with Gasteiger partial charge in [-0.1, -0.05) is 6.07 Å². The fourth-order valence-corrected chi connectivity index (χ4v) is 3.68. The number of likely N-dealkylation sites (tertiary alicyclic amines) is 1. The number of carbonyl (C=O) groups is 2. The molecule has 1 unspecified atom stereocenters. The Labute approximate surface area is 172 Å². The molecule has 0 spiro atoms. The molecule has 0 saturated carbocycles. The summed E-state index contributed by atoms with van der Waals surface area (Å²) in [6.45, 7) is 10.8. The van der Waals surface area contributed by atoms with Gasteiger partial charge in [-0.25, -0.2) is 4.79 Å². The van der Waals surface area contributed by atoms with Crippen molar-refractivity contribution in [3.8, 4) is 11.5 Å². The number of benzene rings is 1. The number of nitrogens with zero attached hydrogens (tertiary/aromatic N) is 2. The zero-order valence-electron chi connectivity index (χ0n) is 17.9. The summed E-state index contributed by atoms with van der Waals surface area (Å²) in [5, 5.41) is 0. The van der Waals surface area contributed by atoms with Gasteiger partial charge in [-0.05, 0) is 58.2 Å². The van der Waals surface area contributed by atoms with Crippen molar-refractivity contribution in [1.29, 1.82) is 0 Å². The van der Waals surface area contributed by atoms with Crippen LogP contribution in [0.25, 0.3) is 0 Å². The number of carbonyl (C=O) groups excluding carboxylic acids is 2. The fraction of sp³-hybridized carbons (Fsp3) is 0.636. The Balaban J connectivity index is 1.63. The minimum atomic E-state index is -0.540. The summed E-state index contributed by atoms with van der Waals surface area (Å²) in [6, 6.07) is 5.81. The number of ether oxygens (including phenoxy) is 3. The lowest BCUT2D eigenvalue weighted by Gasteiger charge is -2.35. The average molecular weight is 405 g/mol. The van der Waals surface area contributed by atoms with Crippen molar-refractivity contribution in [2.45, 2.75) is 52.7 Å². The quantitative estimate of drug-likeness (QED) is 0.769. The van der Waals surface area contributed by atoms with Crippen molar-refractivity contribution in [2.24, 2.45) is 5.92 Å². The van der Waals surface area contributed by atoms with E-state index in [0.717, 1.165) is 29.9 Å². The standard InChI is InChI=1S/C22H32N2O5/c1-5-23(14-16-8-9-18-19(13-16)28-12-11-27-18)20(25)17-7-6-10-24(15-17)21(26)29-22(2,3)4/h8-9,13,17H,5-7,10-12,14-15H2,1-4H3. The van der Waals surface area contributed by atoms with Crippen LogP contribution in [0.1, 0.15) is 46.1 Å². The molecular formula is C22H32N2O5. The number of hydrogen-bond acceptors (Lipinski definition) is 5. The molecule has 2 aliphatic heterocycles. The Bertz CT molecular complexity index is 743. The van der Waals surface area contributed by atoms with Crippen LogP contribution in [-0.2, 0) is 16.1 Å². The molecule has 29 heavy (non-hydrogen) atoms. The third-order valence-electron chi connectivity index (χ3n) is 5.10. The second kappa shape index (κ2) is 8.93. The summed E-state index contributed by atoms with van der Waals surface area (Å²) in [7, 11) is 0. The largest absolute Gasteiger partial charge is 0.486 e. The van der Waals surface area contributed by atoms with Crippen LogP contribution >= 0.6 is 0 Å². The fourth-order valence-electron chi connectivity index (χ4n) is 3.68. The first kappa shape index (κ1) is 21.3. The topological polar surface area (TPSA) is 68.3 Å². The second-order valence-electron chi connectivity index (χ2n) is 8.60. The highest BCUT2D eigenvalue weighted by atomic mass is 16.6. The molecule has 3 rings (SSSR count). The van der Waals surface area contributed by atoms with Crippen LogP contribution in [0.3, 0.4) is 0 Å². The van der Waals surface area contributed by atoms with Crippen LogP contribution < -0.4 is 9.47 Å². The predicted octanol–water partition coefficient (Wildman–Crippen LogP) is 3.45. The Kier molecular flexibility index (Phi) is 6.55. The summed E-state index contributed by atoms with van der Waals surface area (Å²) in [6.07, 6.45) is 1.25. The van der Waals surface area contributed by atoms with E-state index < -0.39 is 5.60 Å². The zero-order chi connectivity index (χ0) is 21.0. The number of hydrogen-bond donors (Lipinski definition) is 0. The third kappa shape index (κ3) is 5.55. The lowest BCUT2D eigenvalue weighted by molar-refractivity contribution is -0.137. The Morgan fingerprint density at radius 2 is 1.93 bits per heavy atom.